The minimum atomic E-state index is 0.838. The zero-order valence-electron chi connectivity index (χ0n) is 28.6. The third kappa shape index (κ3) is 4.93. The van der Waals surface area contributed by atoms with Crippen molar-refractivity contribution in [1.29, 1.82) is 0 Å². The van der Waals surface area contributed by atoms with Crippen molar-refractivity contribution < 1.29 is 4.42 Å². The van der Waals surface area contributed by atoms with Gasteiger partial charge in [0.15, 0.2) is 0 Å². The number of hydrogen-bond acceptors (Lipinski definition) is 1. The van der Waals surface area contributed by atoms with E-state index in [4.69, 9.17) is 4.42 Å². The summed E-state index contributed by atoms with van der Waals surface area (Å²) in [4.78, 5) is 0. The highest BCUT2D eigenvalue weighted by Gasteiger charge is 2.22. The van der Waals surface area contributed by atoms with Crippen molar-refractivity contribution in [3.8, 4) is 44.7 Å². The van der Waals surface area contributed by atoms with Gasteiger partial charge in [-0.05, 0) is 108 Å². The Morgan fingerprint density at radius 2 is 1.06 bits per heavy atom. The van der Waals surface area contributed by atoms with E-state index in [1.54, 1.807) is 0 Å². The predicted molar refractivity (Wildman–Crippen MR) is 221 cm³/mol. The molecule has 10 rings (SSSR count). The topological polar surface area (TPSA) is 13.1 Å². The molecule has 0 N–H and O–H groups in total. The number of fused-ring (bicyclic) bond motifs is 8. The van der Waals surface area contributed by atoms with Crippen molar-refractivity contribution in [3.05, 3.63) is 200 Å². The van der Waals surface area contributed by atoms with Crippen LogP contribution in [-0.2, 0) is 6.42 Å². The van der Waals surface area contributed by atoms with Gasteiger partial charge in [-0.3, -0.25) is 0 Å². The first kappa shape index (κ1) is 30.2. The van der Waals surface area contributed by atoms with Crippen LogP contribution in [0.3, 0.4) is 0 Å². The predicted octanol–water partition coefficient (Wildman–Crippen LogP) is 14.2. The Hall–Kier alpha value is -6.70. The molecule has 0 atom stereocenters. The zero-order chi connectivity index (χ0) is 34.6. The third-order valence-electron chi connectivity index (χ3n) is 10.6. The lowest BCUT2D eigenvalue weighted by molar-refractivity contribution is 0.630. The molecule has 8 aromatic carbocycles. The second kappa shape index (κ2) is 12.3. The zero-order valence-corrected chi connectivity index (χ0v) is 28.6. The van der Waals surface area contributed by atoms with Gasteiger partial charge >= 0.3 is 0 Å². The highest BCUT2D eigenvalue weighted by molar-refractivity contribution is 6.22. The molecule has 52 heavy (non-hydrogen) atoms. The second-order valence-electron chi connectivity index (χ2n) is 13.7. The molecule has 1 aliphatic rings. The van der Waals surface area contributed by atoms with E-state index >= 15 is 0 Å². The number of rotatable bonds is 3. The van der Waals surface area contributed by atoms with E-state index in [0.29, 0.717) is 0 Å². The molecule has 0 spiro atoms. The molecule has 0 fully saturated rings. The van der Waals surface area contributed by atoms with Crippen molar-refractivity contribution in [2.45, 2.75) is 6.42 Å². The summed E-state index contributed by atoms with van der Waals surface area (Å²) in [6, 6.07) is 57.3. The summed E-state index contributed by atoms with van der Waals surface area (Å²) < 4.78 is 6.86. The van der Waals surface area contributed by atoms with Crippen molar-refractivity contribution in [2.75, 3.05) is 0 Å². The van der Waals surface area contributed by atoms with Crippen LogP contribution < -0.4 is 0 Å². The van der Waals surface area contributed by atoms with Crippen LogP contribution in [0.2, 0.25) is 0 Å². The van der Waals surface area contributed by atoms with Gasteiger partial charge < -0.3 is 4.42 Å². The van der Waals surface area contributed by atoms with Gasteiger partial charge in [-0.15, -0.1) is 0 Å². The van der Waals surface area contributed by atoms with Crippen molar-refractivity contribution in [3.63, 3.8) is 0 Å². The van der Waals surface area contributed by atoms with Crippen LogP contribution in [0.5, 0.6) is 0 Å². The average molecular weight is 663 g/mol. The van der Waals surface area contributed by atoms with E-state index in [9.17, 15) is 0 Å². The molecular weight excluding hydrogens is 629 g/mol. The molecule has 0 bridgehead atoms. The molecule has 0 radical (unpaired) electrons. The molecular formula is C51H34O. The molecule has 1 aliphatic carbocycles. The lowest BCUT2D eigenvalue weighted by Crippen LogP contribution is -1.91. The highest BCUT2D eigenvalue weighted by atomic mass is 16.3. The average Bonchev–Trinajstić information content (AvgIpc) is 3.58. The van der Waals surface area contributed by atoms with E-state index in [-0.39, 0.29) is 0 Å². The van der Waals surface area contributed by atoms with Gasteiger partial charge in [-0.1, -0.05) is 164 Å². The van der Waals surface area contributed by atoms with E-state index in [1.807, 2.05) is 0 Å². The molecule has 0 amide bonds. The van der Waals surface area contributed by atoms with Crippen LogP contribution in [0.15, 0.2) is 193 Å². The minimum absolute atomic E-state index is 0.838. The quantitative estimate of drug-likeness (QED) is 0.172. The van der Waals surface area contributed by atoms with Crippen LogP contribution in [0, 0.1) is 0 Å². The van der Waals surface area contributed by atoms with Gasteiger partial charge in [0, 0.05) is 16.5 Å². The summed E-state index contributed by atoms with van der Waals surface area (Å²) in [5.74, 6) is 0.879. The molecule has 9 aromatic rings. The van der Waals surface area contributed by atoms with Crippen LogP contribution >= 0.6 is 0 Å². The number of allylic oxidation sites excluding steroid dienone is 5. The fourth-order valence-electron chi connectivity index (χ4n) is 8.18. The summed E-state index contributed by atoms with van der Waals surface area (Å²) in [5.41, 5.74) is 12.4. The third-order valence-corrected chi connectivity index (χ3v) is 10.6. The van der Waals surface area contributed by atoms with Gasteiger partial charge in [0.05, 0.1) is 0 Å². The molecule has 1 heteroatoms. The van der Waals surface area contributed by atoms with E-state index < -0.39 is 0 Å². The Balaban J connectivity index is 1.18. The Morgan fingerprint density at radius 1 is 0.442 bits per heavy atom. The number of benzene rings is 8. The normalized spacial score (nSPS) is 14.0. The number of furan rings is 1. The molecule has 0 saturated carbocycles. The lowest BCUT2D eigenvalue weighted by Gasteiger charge is -2.18. The fraction of sp³-hybridized carbons (Fsp3) is 0.0196. The molecule has 0 unspecified atom stereocenters. The van der Waals surface area contributed by atoms with Gasteiger partial charge in [0.25, 0.3) is 0 Å². The van der Waals surface area contributed by atoms with E-state index in [0.717, 1.165) is 45.4 Å². The monoisotopic (exact) mass is 662 g/mol. The Morgan fingerprint density at radius 3 is 1.83 bits per heavy atom. The first-order valence-electron chi connectivity index (χ1n) is 17.9. The molecule has 0 aliphatic heterocycles. The molecule has 1 heterocycles. The van der Waals surface area contributed by atoms with Gasteiger partial charge in [-0.25, -0.2) is 0 Å². The maximum atomic E-state index is 6.86. The summed E-state index contributed by atoms with van der Waals surface area (Å²) in [6.45, 7) is 4.48. The highest BCUT2D eigenvalue weighted by Crippen LogP contribution is 2.46. The molecule has 0 saturated heterocycles. The van der Waals surface area contributed by atoms with Crippen LogP contribution in [0.4, 0.5) is 0 Å². The lowest BCUT2D eigenvalue weighted by atomic mass is 9.85. The van der Waals surface area contributed by atoms with Crippen molar-refractivity contribution in [2.24, 2.45) is 0 Å². The Bertz CT molecular complexity index is 2890. The molecule has 244 valence electrons. The van der Waals surface area contributed by atoms with Crippen LogP contribution in [0.25, 0.3) is 93.6 Å². The largest absolute Gasteiger partial charge is 0.455 e. The van der Waals surface area contributed by atoms with E-state index in [1.165, 1.54) is 65.7 Å². The smallest absolute Gasteiger partial charge is 0.143 e. The molecule has 1 aromatic heterocycles. The first-order chi connectivity index (χ1) is 25.7. The number of hydrogen-bond donors (Lipinski definition) is 0. The van der Waals surface area contributed by atoms with Crippen molar-refractivity contribution in [1.82, 2.24) is 0 Å². The van der Waals surface area contributed by atoms with Gasteiger partial charge in [0.1, 0.15) is 11.3 Å². The maximum Gasteiger partial charge on any atom is 0.143 e. The molecule has 1 nitrogen and oxygen atoms in total. The first-order valence-corrected chi connectivity index (χ1v) is 17.9. The van der Waals surface area contributed by atoms with E-state index in [2.05, 4.69) is 189 Å². The summed E-state index contributed by atoms with van der Waals surface area (Å²) in [6.07, 6.45) is 9.29. The van der Waals surface area contributed by atoms with Gasteiger partial charge in [0.2, 0.25) is 0 Å². The van der Waals surface area contributed by atoms with Crippen LogP contribution in [-0.4, -0.2) is 0 Å². The Labute approximate surface area is 303 Å². The maximum absolute atomic E-state index is 6.86. The fourth-order valence-corrected chi connectivity index (χ4v) is 8.18. The Kier molecular flexibility index (Phi) is 7.11. The van der Waals surface area contributed by atoms with Crippen LogP contribution in [0.1, 0.15) is 11.1 Å². The summed E-state index contributed by atoms with van der Waals surface area (Å²) in [5, 5.41) is 8.46. The SMILES string of the molecule is C=C1/C=C\C=C/Cc2ccccc2-c2oc3cc(-c4c5ccccc5c(-c5cccc(-c6ccc7ccccc7c6)c5)c5ccccc45)ccc3c21. The second-order valence-corrected chi connectivity index (χ2v) is 13.7. The van der Waals surface area contributed by atoms with Crippen molar-refractivity contribution >= 4 is 48.9 Å². The standard InChI is InChI=1S/C51H34O/c1-33-14-3-2-4-16-35-17-7-8-21-41(35)51-48(33)46-29-28-40(32-47(46)52-51)50-44-24-11-9-22-42(44)49(43-23-10-12-25-45(43)50)39-20-13-19-37(31-39)38-27-26-34-15-5-6-18-36(34)30-38/h2-15,17-32H,1,16H2/b4-2-,14-3-. The summed E-state index contributed by atoms with van der Waals surface area (Å²) >= 11 is 0. The summed E-state index contributed by atoms with van der Waals surface area (Å²) in [7, 11) is 0. The minimum Gasteiger partial charge on any atom is -0.455 e. The van der Waals surface area contributed by atoms with Gasteiger partial charge in [-0.2, -0.15) is 0 Å².